The molecule has 0 rings (SSSR count). The highest BCUT2D eigenvalue weighted by atomic mass is 14.6. The quantitative estimate of drug-likeness (QED) is 0.236. The van der Waals surface area contributed by atoms with Crippen LogP contribution in [0.2, 0.25) is 0 Å². The maximum atomic E-state index is 5.76. The van der Waals surface area contributed by atoms with E-state index < -0.39 is 0 Å². The fourth-order valence-electron chi connectivity index (χ4n) is 2.69. The SMILES string of the molecule is CCCCC/C=C\C/C=C\CCCCCCCCC(C)(C)CN. The summed E-state index contributed by atoms with van der Waals surface area (Å²) in [7, 11) is 0. The summed E-state index contributed by atoms with van der Waals surface area (Å²) >= 11 is 0. The summed E-state index contributed by atoms with van der Waals surface area (Å²) in [5.74, 6) is 0. The van der Waals surface area contributed by atoms with Crippen molar-refractivity contribution in [2.75, 3.05) is 6.54 Å². The molecular weight excluding hydrogens is 278 g/mol. The Morgan fingerprint density at radius 3 is 1.78 bits per heavy atom. The largest absolute Gasteiger partial charge is 0.330 e. The summed E-state index contributed by atoms with van der Waals surface area (Å²) in [4.78, 5) is 0. The minimum atomic E-state index is 0.343. The normalized spacial score (nSPS) is 12.7. The summed E-state index contributed by atoms with van der Waals surface area (Å²) in [6.07, 6.45) is 26.5. The van der Waals surface area contributed by atoms with E-state index in [0.717, 1.165) is 13.0 Å². The molecule has 0 spiro atoms. The average molecular weight is 322 g/mol. The van der Waals surface area contributed by atoms with Crippen molar-refractivity contribution in [1.29, 1.82) is 0 Å². The van der Waals surface area contributed by atoms with Gasteiger partial charge in [-0.05, 0) is 50.5 Å². The lowest BCUT2D eigenvalue weighted by Gasteiger charge is -2.21. The molecule has 23 heavy (non-hydrogen) atoms. The zero-order valence-electron chi connectivity index (χ0n) is 16.3. The molecule has 0 aromatic carbocycles. The standard InChI is InChI=1S/C22H43N/c1-4-5-6-7-8-9-10-11-12-13-14-15-16-17-18-19-20-22(2,3)21-23/h8-9,11-12H,4-7,10,13-21,23H2,1-3H3/b9-8-,12-11-. The van der Waals surface area contributed by atoms with Crippen molar-refractivity contribution < 1.29 is 0 Å². The Balaban J connectivity index is 3.25. The van der Waals surface area contributed by atoms with Gasteiger partial charge in [0.2, 0.25) is 0 Å². The predicted molar refractivity (Wildman–Crippen MR) is 107 cm³/mol. The van der Waals surface area contributed by atoms with Crippen molar-refractivity contribution in [3.63, 3.8) is 0 Å². The molecule has 0 aromatic rings. The lowest BCUT2D eigenvalue weighted by atomic mass is 9.87. The van der Waals surface area contributed by atoms with E-state index >= 15 is 0 Å². The second-order valence-electron chi connectivity index (χ2n) is 7.70. The number of rotatable bonds is 16. The maximum absolute atomic E-state index is 5.76. The Hall–Kier alpha value is -0.560. The van der Waals surface area contributed by atoms with E-state index in [9.17, 15) is 0 Å². The lowest BCUT2D eigenvalue weighted by molar-refractivity contribution is 0.330. The number of hydrogen-bond acceptors (Lipinski definition) is 1. The van der Waals surface area contributed by atoms with Crippen LogP contribution in [0.4, 0.5) is 0 Å². The van der Waals surface area contributed by atoms with Crippen LogP contribution in [0.15, 0.2) is 24.3 Å². The molecule has 2 N–H and O–H groups in total. The van der Waals surface area contributed by atoms with Crippen LogP contribution in [-0.2, 0) is 0 Å². The molecule has 0 amide bonds. The van der Waals surface area contributed by atoms with Crippen molar-refractivity contribution in [3.8, 4) is 0 Å². The van der Waals surface area contributed by atoms with E-state index in [0.29, 0.717) is 5.41 Å². The van der Waals surface area contributed by atoms with Gasteiger partial charge in [-0.15, -0.1) is 0 Å². The third-order valence-corrected chi connectivity index (χ3v) is 4.61. The zero-order valence-corrected chi connectivity index (χ0v) is 16.3. The molecule has 0 heterocycles. The van der Waals surface area contributed by atoms with Gasteiger partial charge in [0.1, 0.15) is 0 Å². The first-order valence-electron chi connectivity index (χ1n) is 10.1. The van der Waals surface area contributed by atoms with Gasteiger partial charge in [0.05, 0.1) is 0 Å². The van der Waals surface area contributed by atoms with Gasteiger partial charge < -0.3 is 5.73 Å². The van der Waals surface area contributed by atoms with Crippen LogP contribution in [0, 0.1) is 5.41 Å². The Kier molecular flexibility index (Phi) is 15.9. The van der Waals surface area contributed by atoms with Crippen LogP contribution >= 0.6 is 0 Å². The van der Waals surface area contributed by atoms with E-state index in [1.807, 2.05) is 0 Å². The molecular formula is C22H43N. The first-order chi connectivity index (χ1) is 11.1. The molecule has 0 aliphatic carbocycles. The first-order valence-corrected chi connectivity index (χ1v) is 10.1. The monoisotopic (exact) mass is 321 g/mol. The number of nitrogens with two attached hydrogens (primary N) is 1. The van der Waals surface area contributed by atoms with Crippen LogP contribution in [0.25, 0.3) is 0 Å². The summed E-state index contributed by atoms with van der Waals surface area (Å²) in [6, 6.07) is 0. The first kappa shape index (κ1) is 22.4. The highest BCUT2D eigenvalue weighted by molar-refractivity contribution is 4.92. The third-order valence-electron chi connectivity index (χ3n) is 4.61. The van der Waals surface area contributed by atoms with Crippen LogP contribution < -0.4 is 5.73 Å². The van der Waals surface area contributed by atoms with Crippen molar-refractivity contribution in [1.82, 2.24) is 0 Å². The van der Waals surface area contributed by atoms with E-state index in [1.54, 1.807) is 0 Å². The summed E-state index contributed by atoms with van der Waals surface area (Å²) in [6.45, 7) is 7.63. The molecule has 0 saturated heterocycles. The van der Waals surface area contributed by atoms with Gasteiger partial charge in [0, 0.05) is 0 Å². The van der Waals surface area contributed by atoms with Crippen LogP contribution in [0.5, 0.6) is 0 Å². The number of allylic oxidation sites excluding steroid dienone is 4. The minimum absolute atomic E-state index is 0.343. The smallest absolute Gasteiger partial charge is 0.00258 e. The second kappa shape index (κ2) is 16.3. The van der Waals surface area contributed by atoms with Gasteiger partial charge in [-0.2, -0.15) is 0 Å². The lowest BCUT2D eigenvalue weighted by Crippen LogP contribution is -2.23. The van der Waals surface area contributed by atoms with Crippen LogP contribution in [0.3, 0.4) is 0 Å². The molecule has 1 nitrogen and oxygen atoms in total. The van der Waals surface area contributed by atoms with E-state index in [1.165, 1.54) is 77.0 Å². The van der Waals surface area contributed by atoms with Gasteiger partial charge >= 0.3 is 0 Å². The zero-order chi connectivity index (χ0) is 17.2. The topological polar surface area (TPSA) is 26.0 Å². The molecule has 0 unspecified atom stereocenters. The maximum Gasteiger partial charge on any atom is -0.00258 e. The highest BCUT2D eigenvalue weighted by Crippen LogP contribution is 2.22. The van der Waals surface area contributed by atoms with Crippen molar-refractivity contribution in [2.45, 2.75) is 104 Å². The Morgan fingerprint density at radius 1 is 0.696 bits per heavy atom. The molecule has 0 aromatic heterocycles. The molecule has 0 atom stereocenters. The Labute approximate surface area is 146 Å². The van der Waals surface area contributed by atoms with Gasteiger partial charge in [-0.25, -0.2) is 0 Å². The number of unbranched alkanes of at least 4 members (excludes halogenated alkanes) is 9. The van der Waals surface area contributed by atoms with E-state index in [4.69, 9.17) is 5.73 Å². The summed E-state index contributed by atoms with van der Waals surface area (Å²) in [5.41, 5.74) is 6.10. The van der Waals surface area contributed by atoms with E-state index in [2.05, 4.69) is 45.1 Å². The predicted octanol–water partition coefficient (Wildman–Crippen LogP) is 7.17. The van der Waals surface area contributed by atoms with Crippen molar-refractivity contribution in [2.24, 2.45) is 11.1 Å². The molecule has 0 aliphatic heterocycles. The molecule has 1 heteroatoms. The van der Waals surface area contributed by atoms with Crippen LogP contribution in [-0.4, -0.2) is 6.54 Å². The minimum Gasteiger partial charge on any atom is -0.330 e. The third kappa shape index (κ3) is 17.6. The molecule has 136 valence electrons. The fraction of sp³-hybridized carbons (Fsp3) is 0.818. The van der Waals surface area contributed by atoms with Crippen molar-refractivity contribution >= 4 is 0 Å². The average Bonchev–Trinajstić information content (AvgIpc) is 2.54. The molecule has 0 bridgehead atoms. The van der Waals surface area contributed by atoms with Gasteiger partial charge in [0.25, 0.3) is 0 Å². The Bertz CT molecular complexity index is 288. The molecule has 0 radical (unpaired) electrons. The summed E-state index contributed by atoms with van der Waals surface area (Å²) < 4.78 is 0. The van der Waals surface area contributed by atoms with Gasteiger partial charge in [-0.1, -0.05) is 90.0 Å². The Morgan fingerprint density at radius 2 is 1.22 bits per heavy atom. The summed E-state index contributed by atoms with van der Waals surface area (Å²) in [5, 5.41) is 0. The van der Waals surface area contributed by atoms with Crippen LogP contribution in [0.1, 0.15) is 104 Å². The fourth-order valence-corrected chi connectivity index (χ4v) is 2.69. The second-order valence-corrected chi connectivity index (χ2v) is 7.70. The highest BCUT2D eigenvalue weighted by Gasteiger charge is 2.13. The van der Waals surface area contributed by atoms with Gasteiger partial charge in [-0.3, -0.25) is 0 Å². The van der Waals surface area contributed by atoms with Gasteiger partial charge in [0.15, 0.2) is 0 Å². The molecule has 0 saturated carbocycles. The molecule has 0 fully saturated rings. The number of hydrogen-bond donors (Lipinski definition) is 1. The van der Waals surface area contributed by atoms with E-state index in [-0.39, 0.29) is 0 Å². The molecule has 0 aliphatic rings. The van der Waals surface area contributed by atoms with Crippen molar-refractivity contribution in [3.05, 3.63) is 24.3 Å².